The molecule has 4 N–H and O–H groups in total. The summed E-state index contributed by atoms with van der Waals surface area (Å²) in [5.74, 6) is 5.12. The van der Waals surface area contributed by atoms with E-state index in [4.69, 9.17) is 5.84 Å². The van der Waals surface area contributed by atoms with E-state index in [9.17, 15) is 14.7 Å². The maximum Gasteiger partial charge on any atom is 0.407 e. The molecule has 2 aliphatic rings. The van der Waals surface area contributed by atoms with E-state index in [1.165, 1.54) is 0 Å². The smallest absolute Gasteiger partial charge is 0.407 e. The molecule has 0 spiro atoms. The summed E-state index contributed by atoms with van der Waals surface area (Å²) in [5.41, 5.74) is 2.17. The Hall–Kier alpha value is -1.34. The first-order valence-electron chi connectivity index (χ1n) is 8.48. The predicted molar refractivity (Wildman–Crippen MR) is 87.6 cm³/mol. The standard InChI is InChI=1S/C16H30N4O3/c1-16(2,3)13-9-12(6-8-20(13)15(22)23)19-7-4-5-11(10-19)14(21)18-17/h11-13H,4-10,17H2,1-3H3,(H,18,21)(H,22,23). The van der Waals surface area contributed by atoms with Crippen LogP contribution in [0.5, 0.6) is 0 Å². The molecule has 0 aliphatic carbocycles. The third kappa shape index (κ3) is 4.14. The molecule has 0 aromatic carbocycles. The van der Waals surface area contributed by atoms with Crippen LogP contribution in [0.25, 0.3) is 0 Å². The molecule has 7 nitrogen and oxygen atoms in total. The van der Waals surface area contributed by atoms with Crippen LogP contribution in [0.15, 0.2) is 0 Å². The van der Waals surface area contributed by atoms with Gasteiger partial charge in [-0.1, -0.05) is 20.8 Å². The second-order valence-electron chi connectivity index (χ2n) is 7.88. The monoisotopic (exact) mass is 326 g/mol. The van der Waals surface area contributed by atoms with Gasteiger partial charge in [-0.2, -0.15) is 0 Å². The number of rotatable bonds is 2. The molecule has 3 atom stereocenters. The lowest BCUT2D eigenvalue weighted by Crippen LogP contribution is -2.57. The summed E-state index contributed by atoms with van der Waals surface area (Å²) in [6, 6.07) is 0.339. The van der Waals surface area contributed by atoms with Crippen LogP contribution >= 0.6 is 0 Å². The summed E-state index contributed by atoms with van der Waals surface area (Å²) in [6.07, 6.45) is 2.68. The first-order valence-corrected chi connectivity index (χ1v) is 8.48. The molecule has 3 unspecified atom stereocenters. The van der Waals surface area contributed by atoms with Crippen molar-refractivity contribution < 1.29 is 14.7 Å². The van der Waals surface area contributed by atoms with Gasteiger partial charge < -0.3 is 10.0 Å². The lowest BCUT2D eigenvalue weighted by Gasteiger charge is -2.48. The average Bonchev–Trinajstić information content (AvgIpc) is 2.52. The van der Waals surface area contributed by atoms with E-state index >= 15 is 0 Å². The normalized spacial score (nSPS) is 30.1. The molecule has 0 saturated carbocycles. The Kier molecular flexibility index (Phi) is 5.52. The van der Waals surface area contributed by atoms with Crippen LogP contribution in [0.4, 0.5) is 4.79 Å². The van der Waals surface area contributed by atoms with Crippen LogP contribution in [0, 0.1) is 11.3 Å². The van der Waals surface area contributed by atoms with Crippen molar-refractivity contribution in [1.29, 1.82) is 0 Å². The van der Waals surface area contributed by atoms with E-state index in [1.54, 1.807) is 4.90 Å². The van der Waals surface area contributed by atoms with Gasteiger partial charge in [0.1, 0.15) is 0 Å². The average molecular weight is 326 g/mol. The van der Waals surface area contributed by atoms with Crippen molar-refractivity contribution >= 4 is 12.0 Å². The summed E-state index contributed by atoms with van der Waals surface area (Å²) >= 11 is 0. The van der Waals surface area contributed by atoms with Crippen molar-refractivity contribution in [3.63, 3.8) is 0 Å². The summed E-state index contributed by atoms with van der Waals surface area (Å²) in [4.78, 5) is 27.3. The van der Waals surface area contributed by atoms with E-state index in [2.05, 4.69) is 31.1 Å². The molecule has 2 heterocycles. The fourth-order valence-corrected chi connectivity index (χ4v) is 4.00. The highest BCUT2D eigenvalue weighted by molar-refractivity contribution is 5.78. The summed E-state index contributed by atoms with van der Waals surface area (Å²) in [5, 5.41) is 9.46. The highest BCUT2D eigenvalue weighted by Gasteiger charge is 2.41. The van der Waals surface area contributed by atoms with Crippen molar-refractivity contribution in [3.8, 4) is 0 Å². The third-order valence-corrected chi connectivity index (χ3v) is 5.30. The van der Waals surface area contributed by atoms with Crippen molar-refractivity contribution in [2.24, 2.45) is 17.2 Å². The van der Waals surface area contributed by atoms with Gasteiger partial charge in [0.05, 0.1) is 5.92 Å². The molecule has 0 aromatic heterocycles. The lowest BCUT2D eigenvalue weighted by atomic mass is 9.78. The van der Waals surface area contributed by atoms with E-state index in [-0.39, 0.29) is 23.3 Å². The van der Waals surface area contributed by atoms with Gasteiger partial charge in [0.15, 0.2) is 0 Å². The number of carbonyl (C=O) groups excluding carboxylic acids is 1. The molecular formula is C16H30N4O3. The third-order valence-electron chi connectivity index (χ3n) is 5.30. The molecule has 2 aliphatic heterocycles. The number of nitrogens with two attached hydrogens (primary N) is 1. The molecule has 0 bridgehead atoms. The Bertz CT molecular complexity index is 449. The highest BCUT2D eigenvalue weighted by atomic mass is 16.4. The van der Waals surface area contributed by atoms with Crippen LogP contribution in [0.1, 0.15) is 46.5 Å². The second-order valence-corrected chi connectivity index (χ2v) is 7.88. The zero-order chi connectivity index (χ0) is 17.2. The molecule has 2 amide bonds. The predicted octanol–water partition coefficient (Wildman–Crippen LogP) is 1.25. The number of hydrazine groups is 1. The number of carboxylic acid groups (broad SMARTS) is 1. The van der Waals surface area contributed by atoms with Crippen molar-refractivity contribution in [1.82, 2.24) is 15.2 Å². The van der Waals surface area contributed by atoms with E-state index in [0.29, 0.717) is 12.6 Å². The van der Waals surface area contributed by atoms with Crippen LogP contribution in [-0.4, -0.2) is 58.6 Å². The first-order chi connectivity index (χ1) is 10.7. The maximum atomic E-state index is 11.8. The Balaban J connectivity index is 2.06. The molecular weight excluding hydrogens is 296 g/mol. The second kappa shape index (κ2) is 7.05. The van der Waals surface area contributed by atoms with Crippen LogP contribution < -0.4 is 11.3 Å². The fourth-order valence-electron chi connectivity index (χ4n) is 4.00. The highest BCUT2D eigenvalue weighted by Crippen LogP contribution is 2.35. The Labute approximate surface area is 138 Å². The van der Waals surface area contributed by atoms with Crippen LogP contribution in [0.3, 0.4) is 0 Å². The number of carbonyl (C=O) groups is 2. The Morgan fingerprint density at radius 3 is 2.48 bits per heavy atom. The topological polar surface area (TPSA) is 98.9 Å². The largest absolute Gasteiger partial charge is 0.465 e. The number of likely N-dealkylation sites (tertiary alicyclic amines) is 2. The van der Waals surface area contributed by atoms with Gasteiger partial charge in [-0.15, -0.1) is 0 Å². The molecule has 2 saturated heterocycles. The zero-order valence-electron chi connectivity index (χ0n) is 14.4. The number of hydrogen-bond acceptors (Lipinski definition) is 4. The number of nitrogens with zero attached hydrogens (tertiary/aromatic N) is 2. The minimum atomic E-state index is -0.831. The van der Waals surface area contributed by atoms with Crippen LogP contribution in [0.2, 0.25) is 0 Å². The van der Waals surface area contributed by atoms with Crippen molar-refractivity contribution in [3.05, 3.63) is 0 Å². The van der Waals surface area contributed by atoms with Gasteiger partial charge in [-0.05, 0) is 37.6 Å². The molecule has 2 fully saturated rings. The maximum absolute atomic E-state index is 11.8. The summed E-state index contributed by atoms with van der Waals surface area (Å²) in [7, 11) is 0. The van der Waals surface area contributed by atoms with Gasteiger partial charge >= 0.3 is 6.09 Å². The SMILES string of the molecule is CC(C)(C)C1CC(N2CCCC(C(=O)NN)C2)CCN1C(=O)O. The molecule has 2 rings (SSSR count). The lowest BCUT2D eigenvalue weighted by molar-refractivity contribution is -0.127. The Morgan fingerprint density at radius 2 is 1.91 bits per heavy atom. The molecule has 7 heteroatoms. The van der Waals surface area contributed by atoms with Crippen molar-refractivity contribution in [2.45, 2.75) is 58.5 Å². The number of hydrogen-bond donors (Lipinski definition) is 3. The first kappa shape index (κ1) is 18.0. The molecule has 23 heavy (non-hydrogen) atoms. The quantitative estimate of drug-likeness (QED) is 0.403. The van der Waals surface area contributed by atoms with Gasteiger partial charge in [0, 0.05) is 25.2 Å². The Morgan fingerprint density at radius 1 is 1.22 bits per heavy atom. The van der Waals surface area contributed by atoms with E-state index < -0.39 is 6.09 Å². The number of amides is 2. The van der Waals surface area contributed by atoms with Crippen molar-refractivity contribution in [2.75, 3.05) is 19.6 Å². The van der Waals surface area contributed by atoms with Crippen LogP contribution in [-0.2, 0) is 4.79 Å². The van der Waals surface area contributed by atoms with Gasteiger partial charge in [0.2, 0.25) is 5.91 Å². The molecule has 0 aromatic rings. The van der Waals surface area contributed by atoms with Gasteiger partial charge in [0.25, 0.3) is 0 Å². The minimum Gasteiger partial charge on any atom is -0.465 e. The summed E-state index contributed by atoms with van der Waals surface area (Å²) in [6.45, 7) is 8.54. The minimum absolute atomic E-state index is 0.00228. The molecule has 0 radical (unpaired) electrons. The summed E-state index contributed by atoms with van der Waals surface area (Å²) < 4.78 is 0. The number of nitrogens with one attached hydrogen (secondary N) is 1. The molecule has 132 valence electrons. The van der Waals surface area contributed by atoms with Gasteiger partial charge in [-0.25, -0.2) is 10.6 Å². The zero-order valence-corrected chi connectivity index (χ0v) is 14.4. The van der Waals surface area contributed by atoms with Gasteiger partial charge in [-0.3, -0.25) is 15.1 Å². The van der Waals surface area contributed by atoms with E-state index in [0.717, 1.165) is 38.8 Å². The fraction of sp³-hybridized carbons (Fsp3) is 0.875. The van der Waals surface area contributed by atoms with E-state index in [1.807, 2.05) is 0 Å². The number of piperidine rings is 2.